The van der Waals surface area contributed by atoms with Gasteiger partial charge in [0, 0.05) is 18.3 Å². The Morgan fingerprint density at radius 3 is 2.95 bits per heavy atom. The molecule has 2 rings (SSSR count). The summed E-state index contributed by atoms with van der Waals surface area (Å²) in [4.78, 5) is 17.5. The number of hydrogen-bond donors (Lipinski definition) is 1. The highest BCUT2D eigenvalue weighted by Gasteiger charge is 2.22. The highest BCUT2D eigenvalue weighted by atomic mass is 35.5. The van der Waals surface area contributed by atoms with Crippen LogP contribution in [-0.2, 0) is 0 Å². The van der Waals surface area contributed by atoms with Crippen LogP contribution in [0, 0.1) is 0 Å². The molecule has 6 heteroatoms. The van der Waals surface area contributed by atoms with Crippen LogP contribution in [0.4, 0.5) is 5.82 Å². The van der Waals surface area contributed by atoms with Gasteiger partial charge in [-0.15, -0.1) is 0 Å². The molecule has 0 bridgehead atoms. The maximum absolute atomic E-state index is 11.3. The van der Waals surface area contributed by atoms with Crippen molar-refractivity contribution >= 4 is 35.1 Å². The van der Waals surface area contributed by atoms with Gasteiger partial charge < -0.3 is 10.0 Å². The van der Waals surface area contributed by atoms with E-state index in [1.165, 1.54) is 18.6 Å². The molecule has 0 radical (unpaired) electrons. The first kappa shape index (κ1) is 14.5. The maximum atomic E-state index is 11.3. The number of thioether (sulfide) groups is 1. The highest BCUT2D eigenvalue weighted by Crippen LogP contribution is 2.27. The van der Waals surface area contributed by atoms with Gasteiger partial charge in [-0.05, 0) is 37.7 Å². The first-order chi connectivity index (χ1) is 9.11. The molecule has 0 spiro atoms. The molecule has 19 heavy (non-hydrogen) atoms. The van der Waals surface area contributed by atoms with E-state index >= 15 is 0 Å². The van der Waals surface area contributed by atoms with E-state index in [4.69, 9.17) is 11.6 Å². The molecule has 1 unspecified atom stereocenters. The summed E-state index contributed by atoms with van der Waals surface area (Å²) >= 11 is 7.78. The topological polar surface area (TPSA) is 53.4 Å². The second-order valence-corrected chi connectivity index (χ2v) is 6.11. The van der Waals surface area contributed by atoms with Crippen LogP contribution in [0.5, 0.6) is 0 Å². The van der Waals surface area contributed by atoms with Crippen LogP contribution in [-0.4, -0.2) is 40.7 Å². The zero-order valence-corrected chi connectivity index (χ0v) is 12.4. The van der Waals surface area contributed by atoms with E-state index in [1.807, 2.05) is 16.7 Å². The predicted molar refractivity (Wildman–Crippen MR) is 79.6 cm³/mol. The lowest BCUT2D eigenvalue weighted by Crippen LogP contribution is -2.27. The summed E-state index contributed by atoms with van der Waals surface area (Å²) in [6, 6.07) is 3.06. The second kappa shape index (κ2) is 6.48. The Morgan fingerprint density at radius 2 is 2.26 bits per heavy atom. The minimum Gasteiger partial charge on any atom is -0.478 e. The van der Waals surface area contributed by atoms with Gasteiger partial charge in [0.1, 0.15) is 16.5 Å². The van der Waals surface area contributed by atoms with Gasteiger partial charge in [-0.1, -0.05) is 11.6 Å². The molecule has 1 aromatic rings. The fraction of sp³-hybridized carbons (Fsp3) is 0.538. The lowest BCUT2D eigenvalue weighted by Gasteiger charge is -2.23. The average molecular weight is 301 g/mol. The average Bonchev–Trinajstić information content (AvgIpc) is 2.63. The van der Waals surface area contributed by atoms with Crippen molar-refractivity contribution in [3.05, 3.63) is 22.8 Å². The van der Waals surface area contributed by atoms with E-state index < -0.39 is 5.97 Å². The van der Waals surface area contributed by atoms with Crippen molar-refractivity contribution in [1.29, 1.82) is 0 Å². The Balaban J connectivity index is 2.25. The van der Waals surface area contributed by atoms with Gasteiger partial charge in [0.25, 0.3) is 0 Å². The molecule has 0 aliphatic carbocycles. The number of carboxylic acids is 1. The van der Waals surface area contributed by atoms with Gasteiger partial charge in [-0.2, -0.15) is 11.8 Å². The van der Waals surface area contributed by atoms with Crippen molar-refractivity contribution in [2.75, 3.05) is 24.2 Å². The molecule has 1 N–H and O–H groups in total. The Morgan fingerprint density at radius 1 is 1.47 bits per heavy atom. The third-order valence-corrected chi connectivity index (χ3v) is 4.73. The van der Waals surface area contributed by atoms with Crippen LogP contribution in [0.15, 0.2) is 12.1 Å². The van der Waals surface area contributed by atoms with Crippen LogP contribution >= 0.6 is 23.4 Å². The molecule has 1 aromatic heterocycles. The van der Waals surface area contributed by atoms with Gasteiger partial charge in [0.2, 0.25) is 0 Å². The zero-order chi connectivity index (χ0) is 13.8. The Hall–Kier alpha value is -0.940. The largest absolute Gasteiger partial charge is 0.478 e. The van der Waals surface area contributed by atoms with Crippen molar-refractivity contribution < 1.29 is 9.90 Å². The number of pyridine rings is 1. The van der Waals surface area contributed by atoms with E-state index in [9.17, 15) is 9.90 Å². The lowest BCUT2D eigenvalue weighted by atomic mass is 10.2. The normalized spacial score (nSPS) is 20.1. The molecule has 0 aromatic carbocycles. The van der Waals surface area contributed by atoms with E-state index in [-0.39, 0.29) is 5.56 Å². The van der Waals surface area contributed by atoms with E-state index in [2.05, 4.69) is 11.2 Å². The molecule has 1 saturated heterocycles. The number of aromatic nitrogens is 1. The van der Waals surface area contributed by atoms with Crippen molar-refractivity contribution in [2.24, 2.45) is 0 Å². The lowest BCUT2D eigenvalue weighted by molar-refractivity contribution is 0.0697. The first-order valence-corrected chi connectivity index (χ1v) is 7.96. The van der Waals surface area contributed by atoms with Gasteiger partial charge in [-0.3, -0.25) is 0 Å². The molecule has 1 fully saturated rings. The van der Waals surface area contributed by atoms with Gasteiger partial charge in [0.05, 0.1) is 0 Å². The Bertz CT molecular complexity index is 470. The summed E-state index contributed by atoms with van der Waals surface area (Å²) in [7, 11) is 0. The molecule has 104 valence electrons. The van der Waals surface area contributed by atoms with Crippen molar-refractivity contribution in [3.63, 3.8) is 0 Å². The SMILES string of the molecule is CSC1CCCN(c2nc(Cl)ccc2C(=O)O)CC1. The van der Waals surface area contributed by atoms with Crippen LogP contribution < -0.4 is 4.90 Å². The molecule has 0 saturated carbocycles. The van der Waals surface area contributed by atoms with E-state index in [0.29, 0.717) is 16.2 Å². The maximum Gasteiger partial charge on any atom is 0.339 e. The number of hydrogen-bond acceptors (Lipinski definition) is 4. The molecule has 4 nitrogen and oxygen atoms in total. The minimum absolute atomic E-state index is 0.229. The van der Waals surface area contributed by atoms with Gasteiger partial charge >= 0.3 is 5.97 Å². The minimum atomic E-state index is -0.954. The fourth-order valence-electron chi connectivity index (χ4n) is 2.35. The Kier molecular flexibility index (Phi) is 4.93. The van der Waals surface area contributed by atoms with Crippen LogP contribution in [0.3, 0.4) is 0 Å². The third-order valence-electron chi connectivity index (χ3n) is 3.38. The molecule has 0 amide bonds. The molecule has 1 aliphatic rings. The zero-order valence-electron chi connectivity index (χ0n) is 10.8. The van der Waals surface area contributed by atoms with Crippen molar-refractivity contribution in [3.8, 4) is 0 Å². The summed E-state index contributed by atoms with van der Waals surface area (Å²) in [6.07, 6.45) is 5.40. The van der Waals surface area contributed by atoms with E-state index in [0.717, 1.165) is 25.9 Å². The first-order valence-electron chi connectivity index (χ1n) is 6.29. The molecule has 1 aliphatic heterocycles. The monoisotopic (exact) mass is 300 g/mol. The Labute approximate surface area is 122 Å². The number of carbonyl (C=O) groups is 1. The highest BCUT2D eigenvalue weighted by molar-refractivity contribution is 7.99. The number of halogens is 1. The van der Waals surface area contributed by atoms with Crippen molar-refractivity contribution in [1.82, 2.24) is 4.98 Å². The number of rotatable bonds is 3. The van der Waals surface area contributed by atoms with Crippen molar-refractivity contribution in [2.45, 2.75) is 24.5 Å². The number of anilines is 1. The number of aromatic carboxylic acids is 1. The quantitative estimate of drug-likeness (QED) is 0.869. The summed E-state index contributed by atoms with van der Waals surface area (Å²) < 4.78 is 0. The molecule has 1 atom stereocenters. The predicted octanol–water partition coefficient (Wildman–Crippen LogP) is 3.16. The number of carboxylic acid groups (broad SMARTS) is 1. The summed E-state index contributed by atoms with van der Waals surface area (Å²) in [5.74, 6) is -0.452. The molecular weight excluding hydrogens is 284 g/mol. The van der Waals surface area contributed by atoms with Crippen LogP contribution in [0.1, 0.15) is 29.6 Å². The molecule has 2 heterocycles. The van der Waals surface area contributed by atoms with Crippen LogP contribution in [0.2, 0.25) is 5.15 Å². The third kappa shape index (κ3) is 3.54. The summed E-state index contributed by atoms with van der Waals surface area (Å²) in [6.45, 7) is 1.67. The van der Waals surface area contributed by atoms with Crippen LogP contribution in [0.25, 0.3) is 0 Å². The van der Waals surface area contributed by atoms with E-state index in [1.54, 1.807) is 0 Å². The summed E-state index contributed by atoms with van der Waals surface area (Å²) in [5, 5.41) is 10.2. The standard InChI is InChI=1S/C13H17ClN2O2S/c1-19-9-3-2-7-16(8-6-9)12-10(13(17)18)4-5-11(14)15-12/h4-5,9H,2-3,6-8H2,1H3,(H,17,18). The number of nitrogens with zero attached hydrogens (tertiary/aromatic N) is 2. The summed E-state index contributed by atoms with van der Waals surface area (Å²) in [5.41, 5.74) is 0.229. The second-order valence-electron chi connectivity index (χ2n) is 4.59. The fourth-order valence-corrected chi connectivity index (χ4v) is 3.23. The molecular formula is C13H17ClN2O2S. The van der Waals surface area contributed by atoms with Gasteiger partial charge in [0.15, 0.2) is 0 Å². The smallest absolute Gasteiger partial charge is 0.339 e. The van der Waals surface area contributed by atoms with Gasteiger partial charge in [-0.25, -0.2) is 9.78 Å².